The van der Waals surface area contributed by atoms with Crippen LogP contribution in [-0.4, -0.2) is 25.2 Å². The molecule has 1 amide bonds. The second kappa shape index (κ2) is 9.30. The number of esters is 1. The van der Waals surface area contributed by atoms with Gasteiger partial charge in [0.25, 0.3) is 5.91 Å². The first-order valence-corrected chi connectivity index (χ1v) is 11.1. The molecule has 0 saturated carbocycles. The van der Waals surface area contributed by atoms with Gasteiger partial charge in [-0.1, -0.05) is 35.9 Å². The molecule has 0 aliphatic heterocycles. The SMILES string of the molecule is COc1cc(/C=N/NC(=O)c2cccs2)ccc1OC(=O)c1sc2ccccc2c1Cl. The van der Waals surface area contributed by atoms with E-state index >= 15 is 0 Å². The lowest BCUT2D eigenvalue weighted by Gasteiger charge is -2.09. The molecule has 1 N–H and O–H groups in total. The molecule has 0 fully saturated rings. The van der Waals surface area contributed by atoms with Crippen molar-refractivity contribution in [3.05, 3.63) is 80.3 Å². The zero-order valence-electron chi connectivity index (χ0n) is 16.1. The van der Waals surface area contributed by atoms with Gasteiger partial charge in [0.2, 0.25) is 0 Å². The molecule has 2 aromatic carbocycles. The summed E-state index contributed by atoms with van der Waals surface area (Å²) in [6, 6.07) is 15.9. The van der Waals surface area contributed by atoms with Gasteiger partial charge in [-0.2, -0.15) is 5.10 Å². The van der Waals surface area contributed by atoms with Crippen LogP contribution in [0.15, 0.2) is 65.1 Å². The summed E-state index contributed by atoms with van der Waals surface area (Å²) in [6.07, 6.45) is 1.47. The molecule has 4 aromatic rings. The highest BCUT2D eigenvalue weighted by molar-refractivity contribution is 7.21. The van der Waals surface area contributed by atoms with Crippen LogP contribution in [0.5, 0.6) is 11.5 Å². The third kappa shape index (κ3) is 4.61. The summed E-state index contributed by atoms with van der Waals surface area (Å²) < 4.78 is 11.8. The lowest BCUT2D eigenvalue weighted by Crippen LogP contribution is -2.16. The third-order valence-corrected chi connectivity index (χ3v) is 6.76. The Kier molecular flexibility index (Phi) is 6.31. The van der Waals surface area contributed by atoms with Gasteiger partial charge in [-0.05, 0) is 41.3 Å². The molecule has 31 heavy (non-hydrogen) atoms. The number of carbonyl (C=O) groups is 2. The zero-order chi connectivity index (χ0) is 21.8. The van der Waals surface area contributed by atoms with Crippen molar-refractivity contribution in [2.24, 2.45) is 5.10 Å². The molecule has 0 radical (unpaired) electrons. The Balaban J connectivity index is 1.48. The van der Waals surface area contributed by atoms with E-state index in [0.717, 1.165) is 10.1 Å². The Bertz CT molecular complexity index is 1280. The molecule has 6 nitrogen and oxygen atoms in total. The van der Waals surface area contributed by atoms with Crippen molar-refractivity contribution in [3.8, 4) is 11.5 Å². The quantitative estimate of drug-likeness (QED) is 0.172. The average Bonchev–Trinajstić information content (AvgIpc) is 3.43. The van der Waals surface area contributed by atoms with E-state index in [9.17, 15) is 9.59 Å². The van der Waals surface area contributed by atoms with Crippen molar-refractivity contribution >= 4 is 62.5 Å². The van der Waals surface area contributed by atoms with Crippen molar-refractivity contribution in [2.75, 3.05) is 7.11 Å². The Morgan fingerprint density at radius 1 is 1.10 bits per heavy atom. The molecule has 2 heterocycles. The number of hydrogen-bond donors (Lipinski definition) is 1. The van der Waals surface area contributed by atoms with E-state index in [0.29, 0.717) is 26.1 Å². The van der Waals surface area contributed by atoms with E-state index in [1.807, 2.05) is 29.6 Å². The van der Waals surface area contributed by atoms with E-state index in [-0.39, 0.29) is 11.7 Å². The third-order valence-electron chi connectivity index (χ3n) is 4.24. The smallest absolute Gasteiger partial charge is 0.355 e. The van der Waals surface area contributed by atoms with Crippen molar-refractivity contribution < 1.29 is 19.1 Å². The summed E-state index contributed by atoms with van der Waals surface area (Å²) in [6.45, 7) is 0. The minimum absolute atomic E-state index is 0.251. The van der Waals surface area contributed by atoms with Crippen LogP contribution in [-0.2, 0) is 0 Å². The van der Waals surface area contributed by atoms with E-state index in [1.165, 1.54) is 36.0 Å². The van der Waals surface area contributed by atoms with Crippen LogP contribution in [0.2, 0.25) is 5.02 Å². The van der Waals surface area contributed by atoms with Gasteiger partial charge in [-0.15, -0.1) is 22.7 Å². The maximum Gasteiger partial charge on any atom is 0.355 e. The Morgan fingerprint density at radius 2 is 1.94 bits per heavy atom. The monoisotopic (exact) mass is 470 g/mol. The van der Waals surface area contributed by atoms with Crippen molar-refractivity contribution in [1.29, 1.82) is 0 Å². The number of ether oxygens (including phenoxy) is 2. The number of carbonyl (C=O) groups excluding carboxylic acids is 2. The molecule has 0 bridgehead atoms. The maximum absolute atomic E-state index is 12.7. The fourth-order valence-corrected chi connectivity index (χ4v) is 4.77. The first kappa shape index (κ1) is 21.0. The number of nitrogens with zero attached hydrogens (tertiary/aromatic N) is 1. The van der Waals surface area contributed by atoms with Gasteiger partial charge in [0.15, 0.2) is 11.5 Å². The highest BCUT2D eigenvalue weighted by Gasteiger charge is 2.20. The number of halogens is 1. The van der Waals surface area contributed by atoms with Crippen LogP contribution in [0, 0.1) is 0 Å². The molecule has 0 aliphatic rings. The molecule has 9 heteroatoms. The molecule has 0 spiro atoms. The standard InChI is InChI=1S/C22H15ClN2O4S2/c1-28-16-11-13(12-24-25-21(26)18-7-4-10-30-18)8-9-15(16)29-22(27)20-19(23)14-5-2-3-6-17(14)31-20/h2-12H,1H3,(H,25,26)/b24-12+. The van der Waals surface area contributed by atoms with Crippen LogP contribution in [0.1, 0.15) is 24.9 Å². The number of amides is 1. The topological polar surface area (TPSA) is 77.0 Å². The van der Waals surface area contributed by atoms with Gasteiger partial charge >= 0.3 is 5.97 Å². The normalized spacial score (nSPS) is 11.0. The van der Waals surface area contributed by atoms with Gasteiger partial charge in [0.05, 0.1) is 23.2 Å². The van der Waals surface area contributed by atoms with Gasteiger partial charge in [-0.25, -0.2) is 10.2 Å². The predicted octanol–water partition coefficient (Wildman–Crippen LogP) is 5.61. The van der Waals surface area contributed by atoms with E-state index in [2.05, 4.69) is 10.5 Å². The van der Waals surface area contributed by atoms with Crippen LogP contribution in [0.25, 0.3) is 10.1 Å². The molecular weight excluding hydrogens is 456 g/mol. The predicted molar refractivity (Wildman–Crippen MR) is 124 cm³/mol. The molecule has 4 rings (SSSR count). The first-order valence-electron chi connectivity index (χ1n) is 9.01. The summed E-state index contributed by atoms with van der Waals surface area (Å²) in [5.41, 5.74) is 3.12. The minimum Gasteiger partial charge on any atom is -0.493 e. The molecule has 0 aliphatic carbocycles. The number of benzene rings is 2. The number of thiophene rings is 2. The number of nitrogens with one attached hydrogen (secondary N) is 1. The molecule has 0 saturated heterocycles. The zero-order valence-corrected chi connectivity index (χ0v) is 18.5. The lowest BCUT2D eigenvalue weighted by molar-refractivity contribution is 0.0734. The molecular formula is C22H15ClN2O4S2. The molecule has 156 valence electrons. The fourth-order valence-electron chi connectivity index (χ4n) is 2.77. The second-order valence-corrected chi connectivity index (χ2v) is 8.60. The minimum atomic E-state index is -0.561. The molecule has 0 atom stereocenters. The summed E-state index contributed by atoms with van der Waals surface area (Å²) in [5, 5.41) is 6.94. The highest BCUT2D eigenvalue weighted by atomic mass is 35.5. The largest absolute Gasteiger partial charge is 0.493 e. The Morgan fingerprint density at radius 3 is 2.68 bits per heavy atom. The summed E-state index contributed by atoms with van der Waals surface area (Å²) >= 11 is 8.96. The first-order chi connectivity index (χ1) is 15.1. The van der Waals surface area contributed by atoms with Gasteiger partial charge in [-0.3, -0.25) is 4.79 Å². The Hall–Kier alpha value is -3.20. The highest BCUT2D eigenvalue weighted by Crippen LogP contribution is 2.36. The fraction of sp³-hybridized carbons (Fsp3) is 0.0455. The molecule has 2 aromatic heterocycles. The van der Waals surface area contributed by atoms with E-state index < -0.39 is 5.97 Å². The van der Waals surface area contributed by atoms with Gasteiger partial charge in [0.1, 0.15) is 4.88 Å². The second-order valence-electron chi connectivity index (χ2n) is 6.22. The van der Waals surface area contributed by atoms with E-state index in [4.69, 9.17) is 21.1 Å². The van der Waals surface area contributed by atoms with Crippen molar-refractivity contribution in [2.45, 2.75) is 0 Å². The number of fused-ring (bicyclic) bond motifs is 1. The van der Waals surface area contributed by atoms with Crippen LogP contribution < -0.4 is 14.9 Å². The van der Waals surface area contributed by atoms with Crippen LogP contribution in [0.3, 0.4) is 0 Å². The number of hydrogen-bond acceptors (Lipinski definition) is 7. The summed E-state index contributed by atoms with van der Waals surface area (Å²) in [4.78, 5) is 25.5. The maximum atomic E-state index is 12.7. The van der Waals surface area contributed by atoms with Crippen molar-refractivity contribution in [3.63, 3.8) is 0 Å². The van der Waals surface area contributed by atoms with Crippen LogP contribution in [0.4, 0.5) is 0 Å². The lowest BCUT2D eigenvalue weighted by atomic mass is 10.2. The summed E-state index contributed by atoms with van der Waals surface area (Å²) in [7, 11) is 1.47. The van der Waals surface area contributed by atoms with E-state index in [1.54, 1.807) is 30.3 Å². The number of hydrazone groups is 1. The van der Waals surface area contributed by atoms with Crippen molar-refractivity contribution in [1.82, 2.24) is 5.43 Å². The van der Waals surface area contributed by atoms with Gasteiger partial charge in [0, 0.05) is 10.1 Å². The average molecular weight is 471 g/mol. The Labute approximate surface area is 190 Å². The summed E-state index contributed by atoms with van der Waals surface area (Å²) in [5.74, 6) is -0.252. The molecule has 0 unspecified atom stereocenters. The number of rotatable bonds is 6. The number of methoxy groups -OCH3 is 1. The van der Waals surface area contributed by atoms with Gasteiger partial charge < -0.3 is 9.47 Å². The van der Waals surface area contributed by atoms with Crippen LogP contribution >= 0.6 is 34.3 Å².